The molecule has 0 aliphatic heterocycles. The number of carboxylic acids is 1. The quantitative estimate of drug-likeness (QED) is 0.680. The van der Waals surface area contributed by atoms with Gasteiger partial charge in [0.15, 0.2) is 11.6 Å². The summed E-state index contributed by atoms with van der Waals surface area (Å²) < 4.78 is 15.2. The van der Waals surface area contributed by atoms with Gasteiger partial charge in [-0.1, -0.05) is 0 Å². The Morgan fingerprint density at radius 1 is 1.19 bits per heavy atom. The van der Waals surface area contributed by atoms with Gasteiger partial charge < -0.3 is 10.2 Å². The van der Waals surface area contributed by atoms with Crippen LogP contribution in [0.2, 0.25) is 0 Å². The van der Waals surface area contributed by atoms with Crippen LogP contribution in [0.4, 0.5) is 4.39 Å². The molecule has 1 aromatic heterocycles. The van der Waals surface area contributed by atoms with Crippen molar-refractivity contribution in [1.29, 1.82) is 0 Å². The Morgan fingerprint density at radius 2 is 1.85 bits per heavy atom. The first-order valence-corrected chi connectivity index (χ1v) is 8.99. The molecule has 0 saturated heterocycles. The van der Waals surface area contributed by atoms with Crippen molar-refractivity contribution in [2.75, 3.05) is 6.26 Å². The maximum absolute atomic E-state index is 13.9. The molecular weight excluding hydrogens is 357 g/mol. The fourth-order valence-corrected chi connectivity index (χ4v) is 3.40. The van der Waals surface area contributed by atoms with E-state index in [9.17, 15) is 19.1 Å². The lowest BCUT2D eigenvalue weighted by molar-refractivity contribution is -0.136. The molecule has 3 aromatic rings. The zero-order chi connectivity index (χ0) is 19.0. The zero-order valence-corrected chi connectivity index (χ0v) is 14.9. The van der Waals surface area contributed by atoms with Crippen LogP contribution in [0.1, 0.15) is 21.6 Å². The normalized spacial score (nSPS) is 11.0. The summed E-state index contributed by atoms with van der Waals surface area (Å²) in [5.41, 5.74) is 1.41. The molecule has 2 aromatic carbocycles. The van der Waals surface area contributed by atoms with Crippen LogP contribution < -0.4 is 0 Å². The van der Waals surface area contributed by atoms with E-state index in [-0.39, 0.29) is 17.8 Å². The van der Waals surface area contributed by atoms with Gasteiger partial charge in [-0.15, -0.1) is 11.8 Å². The second-order valence-corrected chi connectivity index (χ2v) is 6.70. The summed E-state index contributed by atoms with van der Waals surface area (Å²) in [5.74, 6) is -2.92. The molecule has 0 saturated carbocycles. The average Bonchev–Trinajstić information content (AvgIpc) is 2.86. The van der Waals surface area contributed by atoms with Crippen LogP contribution in [0.5, 0.6) is 5.75 Å². The number of hydrogen-bond acceptors (Lipinski definition) is 4. The fourth-order valence-electron chi connectivity index (χ4n) is 2.99. The van der Waals surface area contributed by atoms with Crippen molar-refractivity contribution in [3.05, 3.63) is 59.0 Å². The van der Waals surface area contributed by atoms with Crippen LogP contribution in [-0.2, 0) is 11.2 Å². The van der Waals surface area contributed by atoms with E-state index in [1.165, 1.54) is 4.57 Å². The summed E-state index contributed by atoms with van der Waals surface area (Å²) in [6, 6.07) is 9.18. The smallest absolute Gasteiger partial charge is 0.307 e. The van der Waals surface area contributed by atoms with Gasteiger partial charge in [-0.3, -0.25) is 14.2 Å². The van der Waals surface area contributed by atoms with Crippen molar-refractivity contribution in [3.63, 3.8) is 0 Å². The number of fused-ring (bicyclic) bond motifs is 1. The lowest BCUT2D eigenvalue weighted by atomic mass is 10.1. The number of halogens is 1. The largest absolute Gasteiger partial charge is 0.505 e. The number of aromatic hydroxyl groups is 1. The molecule has 7 heteroatoms. The Morgan fingerprint density at radius 3 is 2.42 bits per heavy atom. The highest BCUT2D eigenvalue weighted by molar-refractivity contribution is 7.98. The van der Waals surface area contributed by atoms with E-state index < -0.39 is 17.5 Å². The van der Waals surface area contributed by atoms with Crippen molar-refractivity contribution in [1.82, 2.24) is 4.57 Å². The molecule has 3 rings (SSSR count). The molecule has 2 N–H and O–H groups in total. The van der Waals surface area contributed by atoms with Crippen LogP contribution in [0.25, 0.3) is 10.9 Å². The number of thioether (sulfide) groups is 1. The molecule has 0 spiro atoms. The number of benzene rings is 2. The minimum atomic E-state index is -1.08. The Labute approximate surface area is 153 Å². The summed E-state index contributed by atoms with van der Waals surface area (Å²) in [7, 11) is 0. The highest BCUT2D eigenvalue weighted by atomic mass is 32.2. The van der Waals surface area contributed by atoms with E-state index in [1.54, 1.807) is 30.8 Å². The number of rotatable bonds is 4. The lowest BCUT2D eigenvalue weighted by Gasteiger charge is -2.08. The Balaban J connectivity index is 2.23. The zero-order valence-electron chi connectivity index (χ0n) is 14.1. The molecule has 0 aliphatic rings. The van der Waals surface area contributed by atoms with E-state index in [4.69, 9.17) is 5.11 Å². The van der Waals surface area contributed by atoms with E-state index in [2.05, 4.69) is 0 Å². The predicted molar refractivity (Wildman–Crippen MR) is 97.6 cm³/mol. The lowest BCUT2D eigenvalue weighted by Crippen LogP contribution is -2.14. The van der Waals surface area contributed by atoms with Crippen LogP contribution >= 0.6 is 11.8 Å². The molecule has 0 amide bonds. The third kappa shape index (κ3) is 3.06. The van der Waals surface area contributed by atoms with E-state index in [1.807, 2.05) is 18.4 Å². The minimum Gasteiger partial charge on any atom is -0.505 e. The van der Waals surface area contributed by atoms with Crippen LogP contribution in [0, 0.1) is 12.7 Å². The van der Waals surface area contributed by atoms with Gasteiger partial charge in [0, 0.05) is 27.6 Å². The molecule has 134 valence electrons. The number of hydrogen-bond donors (Lipinski definition) is 2. The van der Waals surface area contributed by atoms with Crippen molar-refractivity contribution in [2.24, 2.45) is 0 Å². The van der Waals surface area contributed by atoms with Gasteiger partial charge in [0.2, 0.25) is 0 Å². The highest BCUT2D eigenvalue weighted by Crippen LogP contribution is 2.32. The number of phenols is 1. The molecule has 0 unspecified atom stereocenters. The minimum absolute atomic E-state index is 0.230. The molecule has 0 radical (unpaired) electrons. The van der Waals surface area contributed by atoms with Gasteiger partial charge in [-0.25, -0.2) is 4.39 Å². The van der Waals surface area contributed by atoms with Crippen molar-refractivity contribution < 1.29 is 24.2 Å². The standard InChI is InChI=1S/C19H16FNO4S/c1-10-13(8-18(23)24)14-7-17(22)15(20)9-16(14)21(10)19(25)11-3-5-12(26-2)6-4-11/h3-7,9,22H,8H2,1-2H3,(H,23,24). The van der Waals surface area contributed by atoms with Crippen LogP contribution in [-0.4, -0.2) is 32.9 Å². The Bertz CT molecular complexity index is 1020. The number of carboxylic acid groups (broad SMARTS) is 1. The first-order chi connectivity index (χ1) is 12.3. The summed E-state index contributed by atoms with van der Waals surface area (Å²) in [6.07, 6.45) is 1.59. The second kappa shape index (κ2) is 6.84. The second-order valence-electron chi connectivity index (χ2n) is 5.82. The van der Waals surface area contributed by atoms with Crippen molar-refractivity contribution in [3.8, 4) is 5.75 Å². The predicted octanol–water partition coefficient (Wildman–Crippen LogP) is 3.83. The number of carbonyl (C=O) groups excluding carboxylic acids is 1. The number of phenolic OH excluding ortho intramolecular Hbond substituents is 1. The maximum Gasteiger partial charge on any atom is 0.307 e. The number of carbonyl (C=O) groups is 2. The first kappa shape index (κ1) is 18.0. The van der Waals surface area contributed by atoms with Gasteiger partial charge in [0.25, 0.3) is 5.91 Å². The molecule has 0 aliphatic carbocycles. The fraction of sp³-hybridized carbons (Fsp3) is 0.158. The number of aromatic nitrogens is 1. The third-order valence-corrected chi connectivity index (χ3v) is 5.01. The SMILES string of the molecule is CSc1ccc(C(=O)n2c(C)c(CC(=O)O)c3cc(O)c(F)cc32)cc1. The molecule has 0 bridgehead atoms. The number of aliphatic carboxylic acids is 1. The monoisotopic (exact) mass is 373 g/mol. The summed E-state index contributed by atoms with van der Waals surface area (Å²) in [6.45, 7) is 1.61. The van der Waals surface area contributed by atoms with Crippen molar-refractivity contribution in [2.45, 2.75) is 18.2 Å². The first-order valence-electron chi connectivity index (χ1n) is 7.76. The van der Waals surface area contributed by atoms with E-state index >= 15 is 0 Å². The molecule has 0 atom stereocenters. The maximum atomic E-state index is 13.9. The molecule has 0 fully saturated rings. The Kier molecular flexibility index (Phi) is 4.73. The topological polar surface area (TPSA) is 79.5 Å². The van der Waals surface area contributed by atoms with Crippen molar-refractivity contribution >= 4 is 34.5 Å². The van der Waals surface area contributed by atoms with Gasteiger partial charge in [0.05, 0.1) is 11.9 Å². The van der Waals surface area contributed by atoms with E-state index in [0.717, 1.165) is 17.0 Å². The van der Waals surface area contributed by atoms with Gasteiger partial charge in [-0.05, 0) is 49.1 Å². The summed E-state index contributed by atoms with van der Waals surface area (Å²) >= 11 is 1.54. The van der Waals surface area contributed by atoms with Gasteiger partial charge in [0.1, 0.15) is 0 Å². The van der Waals surface area contributed by atoms with Crippen LogP contribution in [0.3, 0.4) is 0 Å². The number of nitrogens with zero attached hydrogens (tertiary/aromatic N) is 1. The average molecular weight is 373 g/mol. The third-order valence-electron chi connectivity index (χ3n) is 4.27. The molecular formula is C19H16FNO4S. The summed E-state index contributed by atoms with van der Waals surface area (Å²) in [5, 5.41) is 19.2. The Hall–Kier alpha value is -2.80. The van der Waals surface area contributed by atoms with Crippen LogP contribution in [0.15, 0.2) is 41.3 Å². The molecule has 26 heavy (non-hydrogen) atoms. The van der Waals surface area contributed by atoms with E-state index in [0.29, 0.717) is 22.2 Å². The summed E-state index contributed by atoms with van der Waals surface area (Å²) in [4.78, 5) is 25.2. The molecule has 5 nitrogen and oxygen atoms in total. The van der Waals surface area contributed by atoms with Gasteiger partial charge in [-0.2, -0.15) is 0 Å². The van der Waals surface area contributed by atoms with Gasteiger partial charge >= 0.3 is 5.97 Å². The highest BCUT2D eigenvalue weighted by Gasteiger charge is 2.23. The molecule has 1 heterocycles.